The Labute approximate surface area is 158 Å². The molecule has 0 amide bonds. The van der Waals surface area contributed by atoms with Crippen LogP contribution in [0.1, 0.15) is 89.7 Å². The number of hydrogen-bond donors (Lipinski definition) is 0. The Balaban J connectivity index is 1.67. The van der Waals surface area contributed by atoms with Gasteiger partial charge in [-0.15, -0.1) is 0 Å². The normalized spacial score (nSPS) is 38.4. The zero-order valence-electron chi connectivity index (χ0n) is 17.0. The third kappa shape index (κ3) is 2.54. The average molecular weight is 359 g/mol. The Kier molecular flexibility index (Phi) is 4.60. The van der Waals surface area contributed by atoms with Gasteiger partial charge in [0.1, 0.15) is 0 Å². The quantitative estimate of drug-likeness (QED) is 0.569. The second-order valence-corrected chi connectivity index (χ2v) is 9.64. The maximum atomic E-state index is 14.3. The molecule has 144 valence electrons. The molecule has 2 saturated carbocycles. The minimum absolute atomic E-state index is 0.180. The van der Waals surface area contributed by atoms with E-state index in [4.69, 9.17) is 4.74 Å². The molecule has 1 nitrogen and oxygen atoms in total. The molecule has 3 aliphatic rings. The van der Waals surface area contributed by atoms with Crippen LogP contribution >= 0.6 is 0 Å². The fourth-order valence-corrected chi connectivity index (χ4v) is 7.16. The molecule has 0 aromatic heterocycles. The van der Waals surface area contributed by atoms with Crippen LogP contribution in [-0.2, 0) is 6.42 Å². The van der Waals surface area contributed by atoms with Gasteiger partial charge in [0.2, 0.25) is 0 Å². The van der Waals surface area contributed by atoms with Crippen molar-refractivity contribution in [1.29, 1.82) is 0 Å². The van der Waals surface area contributed by atoms with Gasteiger partial charge in [-0.1, -0.05) is 27.2 Å². The van der Waals surface area contributed by atoms with E-state index in [-0.39, 0.29) is 5.82 Å². The van der Waals surface area contributed by atoms with Crippen LogP contribution in [0.15, 0.2) is 12.1 Å². The molecule has 2 heteroatoms. The zero-order valence-corrected chi connectivity index (χ0v) is 17.0. The van der Waals surface area contributed by atoms with Gasteiger partial charge in [-0.2, -0.15) is 0 Å². The van der Waals surface area contributed by atoms with Crippen molar-refractivity contribution in [3.8, 4) is 5.75 Å². The highest BCUT2D eigenvalue weighted by Crippen LogP contribution is 2.68. The van der Waals surface area contributed by atoms with Gasteiger partial charge in [-0.05, 0) is 104 Å². The lowest BCUT2D eigenvalue weighted by atomic mass is 9.50. The van der Waals surface area contributed by atoms with Crippen LogP contribution in [0.25, 0.3) is 0 Å². The highest BCUT2D eigenvalue weighted by Gasteiger charge is 2.59. The Bertz CT molecular complexity index is 683. The molecule has 0 spiro atoms. The smallest absolute Gasteiger partial charge is 0.165 e. The Morgan fingerprint density at radius 3 is 2.65 bits per heavy atom. The summed E-state index contributed by atoms with van der Waals surface area (Å²) in [5, 5.41) is 0. The van der Waals surface area contributed by atoms with Crippen molar-refractivity contribution in [1.82, 2.24) is 0 Å². The molecule has 3 aliphatic carbocycles. The minimum Gasteiger partial charge on any atom is -0.491 e. The molecule has 5 unspecified atom stereocenters. The first-order chi connectivity index (χ1) is 12.4. The Morgan fingerprint density at radius 2 is 1.92 bits per heavy atom. The molecule has 5 atom stereocenters. The van der Waals surface area contributed by atoms with Crippen LogP contribution in [-0.4, -0.2) is 6.61 Å². The molecule has 2 fully saturated rings. The first kappa shape index (κ1) is 18.3. The molecule has 1 aromatic rings. The predicted octanol–water partition coefficient (Wildman–Crippen LogP) is 6.89. The summed E-state index contributed by atoms with van der Waals surface area (Å²) in [6.45, 7) is 9.97. The largest absolute Gasteiger partial charge is 0.491 e. The van der Waals surface area contributed by atoms with Crippen molar-refractivity contribution in [2.24, 2.45) is 22.7 Å². The minimum atomic E-state index is -0.180. The van der Waals surface area contributed by atoms with E-state index < -0.39 is 0 Å². The first-order valence-corrected chi connectivity index (χ1v) is 10.9. The van der Waals surface area contributed by atoms with Gasteiger partial charge in [0.05, 0.1) is 6.61 Å². The lowest BCUT2D eigenvalue weighted by molar-refractivity contribution is -0.0224. The second-order valence-electron chi connectivity index (χ2n) is 9.64. The molecule has 0 heterocycles. The zero-order chi connectivity index (χ0) is 18.5. The molecule has 0 N–H and O–H groups in total. The number of ether oxygens (including phenoxy) is 1. The van der Waals surface area contributed by atoms with E-state index in [1.165, 1.54) is 56.1 Å². The lowest BCUT2D eigenvalue weighted by Crippen LogP contribution is -2.46. The standard InChI is InChI=1S/C24H35FO/c1-5-11-23(3)12-10-20-18-8-7-16-14-21(25)22(26-6-2)15-19(16)17(18)9-13-24(20,23)4/h14-15,17-18,20H,5-13H2,1-4H3. The number of halogens is 1. The number of benzene rings is 1. The molecule has 4 rings (SSSR count). The summed E-state index contributed by atoms with van der Waals surface area (Å²) in [4.78, 5) is 0. The van der Waals surface area contributed by atoms with Crippen LogP contribution < -0.4 is 4.74 Å². The maximum Gasteiger partial charge on any atom is 0.165 e. The summed E-state index contributed by atoms with van der Waals surface area (Å²) in [5.74, 6) is 2.51. The molecule has 0 bridgehead atoms. The van der Waals surface area contributed by atoms with Crippen LogP contribution in [0.2, 0.25) is 0 Å². The predicted molar refractivity (Wildman–Crippen MR) is 105 cm³/mol. The number of aryl methyl sites for hydroxylation is 1. The van der Waals surface area contributed by atoms with Crippen LogP contribution in [0.4, 0.5) is 4.39 Å². The number of rotatable bonds is 4. The second kappa shape index (κ2) is 6.53. The SMILES string of the molecule is CCCC1(C)CCC2C3CCc4cc(F)c(OCC)cc4C3CCC21C. The third-order valence-electron chi connectivity index (χ3n) is 8.65. The van der Waals surface area contributed by atoms with Gasteiger partial charge in [-0.3, -0.25) is 0 Å². The highest BCUT2D eigenvalue weighted by molar-refractivity contribution is 5.42. The molecule has 0 saturated heterocycles. The van der Waals surface area contributed by atoms with E-state index >= 15 is 0 Å². The van der Waals surface area contributed by atoms with Crippen molar-refractivity contribution >= 4 is 0 Å². The summed E-state index contributed by atoms with van der Waals surface area (Å²) in [6, 6.07) is 3.81. The fraction of sp³-hybridized carbons (Fsp3) is 0.750. The molecular formula is C24H35FO. The molecule has 0 radical (unpaired) electrons. The van der Waals surface area contributed by atoms with E-state index in [9.17, 15) is 4.39 Å². The maximum absolute atomic E-state index is 14.3. The Hall–Kier alpha value is -1.05. The molecule has 0 aliphatic heterocycles. The summed E-state index contributed by atoms with van der Waals surface area (Å²) in [7, 11) is 0. The van der Waals surface area contributed by atoms with Crippen LogP contribution in [0.5, 0.6) is 5.75 Å². The molecule has 26 heavy (non-hydrogen) atoms. The monoisotopic (exact) mass is 358 g/mol. The Morgan fingerprint density at radius 1 is 1.12 bits per heavy atom. The lowest BCUT2D eigenvalue weighted by Gasteiger charge is -2.54. The summed E-state index contributed by atoms with van der Waals surface area (Å²) >= 11 is 0. The third-order valence-corrected chi connectivity index (χ3v) is 8.65. The summed E-state index contributed by atoms with van der Waals surface area (Å²) in [5.41, 5.74) is 3.64. The number of fused-ring (bicyclic) bond motifs is 5. The average Bonchev–Trinajstić information content (AvgIpc) is 2.87. The van der Waals surface area contributed by atoms with Crippen molar-refractivity contribution in [2.45, 2.75) is 85.0 Å². The summed E-state index contributed by atoms with van der Waals surface area (Å²) in [6.07, 6.45) is 10.3. The topological polar surface area (TPSA) is 9.23 Å². The van der Waals surface area contributed by atoms with E-state index in [1.54, 1.807) is 6.07 Å². The van der Waals surface area contributed by atoms with E-state index in [0.717, 1.165) is 18.3 Å². The van der Waals surface area contributed by atoms with Crippen molar-refractivity contribution in [3.63, 3.8) is 0 Å². The number of hydrogen-bond acceptors (Lipinski definition) is 1. The van der Waals surface area contributed by atoms with Gasteiger partial charge in [0, 0.05) is 0 Å². The van der Waals surface area contributed by atoms with Crippen LogP contribution in [0.3, 0.4) is 0 Å². The van der Waals surface area contributed by atoms with Gasteiger partial charge >= 0.3 is 0 Å². The highest BCUT2D eigenvalue weighted by atomic mass is 19.1. The van der Waals surface area contributed by atoms with Crippen molar-refractivity contribution in [3.05, 3.63) is 29.1 Å². The van der Waals surface area contributed by atoms with Gasteiger partial charge < -0.3 is 4.74 Å². The van der Waals surface area contributed by atoms with Gasteiger partial charge in [-0.25, -0.2) is 4.39 Å². The fourth-order valence-electron chi connectivity index (χ4n) is 7.16. The van der Waals surface area contributed by atoms with E-state index in [0.29, 0.717) is 29.1 Å². The molecular weight excluding hydrogens is 323 g/mol. The summed E-state index contributed by atoms with van der Waals surface area (Å²) < 4.78 is 19.9. The van der Waals surface area contributed by atoms with E-state index in [2.05, 4.69) is 20.8 Å². The molecule has 1 aromatic carbocycles. The van der Waals surface area contributed by atoms with Gasteiger partial charge in [0.15, 0.2) is 11.6 Å². The van der Waals surface area contributed by atoms with Crippen molar-refractivity contribution in [2.75, 3.05) is 6.61 Å². The first-order valence-electron chi connectivity index (χ1n) is 10.9. The van der Waals surface area contributed by atoms with Crippen LogP contribution in [0, 0.1) is 28.5 Å². The van der Waals surface area contributed by atoms with Crippen molar-refractivity contribution < 1.29 is 9.13 Å². The van der Waals surface area contributed by atoms with Gasteiger partial charge in [0.25, 0.3) is 0 Å². The van der Waals surface area contributed by atoms with E-state index in [1.807, 2.05) is 13.0 Å².